The first-order valence-corrected chi connectivity index (χ1v) is 9.83. The number of methoxy groups -OCH3 is 2. The molecule has 1 amide bonds. The lowest BCUT2D eigenvalue weighted by Crippen LogP contribution is -2.40. The van der Waals surface area contributed by atoms with Crippen molar-refractivity contribution in [1.29, 1.82) is 0 Å². The predicted octanol–water partition coefficient (Wildman–Crippen LogP) is 4.16. The van der Waals surface area contributed by atoms with E-state index in [0.29, 0.717) is 22.6 Å². The number of aliphatic carboxylic acids is 1. The normalized spacial score (nSPS) is 20.9. The second-order valence-corrected chi connectivity index (χ2v) is 8.07. The van der Waals surface area contributed by atoms with E-state index in [-0.39, 0.29) is 0 Å². The third-order valence-corrected chi connectivity index (χ3v) is 4.80. The molecule has 8 heteroatoms. The van der Waals surface area contributed by atoms with Crippen molar-refractivity contribution in [2.75, 3.05) is 14.2 Å². The molecule has 1 aliphatic rings. The lowest BCUT2D eigenvalue weighted by Gasteiger charge is -2.32. The first kappa shape index (κ1) is 22.4. The van der Waals surface area contributed by atoms with Crippen molar-refractivity contribution in [1.82, 2.24) is 4.90 Å². The van der Waals surface area contributed by atoms with Crippen molar-refractivity contribution < 1.29 is 33.6 Å². The van der Waals surface area contributed by atoms with Crippen LogP contribution < -0.4 is 9.47 Å². The number of hydrogen-bond donors (Lipinski definition) is 1. The molecular weight excluding hydrogens is 402 g/mol. The van der Waals surface area contributed by atoms with Crippen LogP contribution in [0.5, 0.6) is 11.5 Å². The summed E-state index contributed by atoms with van der Waals surface area (Å²) in [5.74, 6) is -0.407. The van der Waals surface area contributed by atoms with Gasteiger partial charge >= 0.3 is 12.1 Å². The lowest BCUT2D eigenvalue weighted by molar-refractivity contribution is -0.150. The summed E-state index contributed by atoms with van der Waals surface area (Å²) in [5.41, 5.74) is 0.283. The number of ether oxygens (including phenoxy) is 4. The van der Waals surface area contributed by atoms with Crippen LogP contribution in [-0.2, 0) is 14.3 Å². The molecule has 0 unspecified atom stereocenters. The fourth-order valence-electron chi connectivity index (χ4n) is 3.60. The van der Waals surface area contributed by atoms with Gasteiger partial charge in [0.05, 0.1) is 14.2 Å². The molecule has 0 saturated carbocycles. The largest absolute Gasteiger partial charge is 0.493 e. The van der Waals surface area contributed by atoms with E-state index in [4.69, 9.17) is 18.9 Å². The Hall–Kier alpha value is -3.26. The van der Waals surface area contributed by atoms with Crippen molar-refractivity contribution in [3.05, 3.63) is 59.7 Å². The molecule has 0 aliphatic carbocycles. The Bertz CT molecular complexity index is 939. The molecule has 1 heterocycles. The maximum absolute atomic E-state index is 13.3. The quantitative estimate of drug-likeness (QED) is 0.762. The van der Waals surface area contributed by atoms with Crippen molar-refractivity contribution in [3.63, 3.8) is 0 Å². The highest BCUT2D eigenvalue weighted by atomic mass is 16.6. The van der Waals surface area contributed by atoms with Crippen LogP contribution in [0.2, 0.25) is 0 Å². The SMILES string of the molecule is COc1cccc([C@H]2O[C@@H](C(=O)O)[C@H](c3ccccc3)N2C(=O)OC(C)(C)C)c1OC. The van der Waals surface area contributed by atoms with Gasteiger partial charge in [-0.3, -0.25) is 4.90 Å². The van der Waals surface area contributed by atoms with Gasteiger partial charge in [-0.05, 0) is 32.4 Å². The van der Waals surface area contributed by atoms with E-state index < -0.39 is 36.0 Å². The van der Waals surface area contributed by atoms with E-state index in [1.807, 2.05) is 6.07 Å². The molecule has 0 aromatic heterocycles. The first-order valence-electron chi connectivity index (χ1n) is 9.83. The zero-order chi connectivity index (χ0) is 22.8. The van der Waals surface area contributed by atoms with Crippen LogP contribution in [0.4, 0.5) is 4.79 Å². The average molecular weight is 429 g/mol. The minimum atomic E-state index is -1.31. The highest BCUT2D eigenvalue weighted by Gasteiger charge is 2.52. The van der Waals surface area contributed by atoms with Crippen LogP contribution >= 0.6 is 0 Å². The van der Waals surface area contributed by atoms with E-state index in [1.54, 1.807) is 63.2 Å². The van der Waals surface area contributed by atoms with E-state index in [2.05, 4.69) is 0 Å². The second kappa shape index (κ2) is 8.85. The molecule has 1 saturated heterocycles. The first-order chi connectivity index (χ1) is 14.7. The van der Waals surface area contributed by atoms with Crippen LogP contribution in [-0.4, -0.2) is 48.0 Å². The molecule has 31 heavy (non-hydrogen) atoms. The number of amides is 1. The van der Waals surface area contributed by atoms with Gasteiger partial charge in [0, 0.05) is 5.56 Å². The molecule has 1 N–H and O–H groups in total. The van der Waals surface area contributed by atoms with Crippen LogP contribution in [0.25, 0.3) is 0 Å². The molecule has 1 fully saturated rings. The van der Waals surface area contributed by atoms with Crippen molar-refractivity contribution in [3.8, 4) is 11.5 Å². The summed E-state index contributed by atoms with van der Waals surface area (Å²) in [7, 11) is 2.97. The van der Waals surface area contributed by atoms with Crippen molar-refractivity contribution >= 4 is 12.1 Å². The Kier molecular flexibility index (Phi) is 6.40. The molecule has 2 aromatic rings. The number of nitrogens with zero attached hydrogens (tertiary/aromatic N) is 1. The second-order valence-electron chi connectivity index (χ2n) is 8.07. The van der Waals surface area contributed by atoms with Gasteiger partial charge in [0.25, 0.3) is 0 Å². The Morgan fingerprint density at radius 1 is 1.00 bits per heavy atom. The highest BCUT2D eigenvalue weighted by molar-refractivity contribution is 5.78. The Balaban J connectivity index is 2.18. The number of para-hydroxylation sites is 1. The van der Waals surface area contributed by atoms with Crippen LogP contribution in [0.3, 0.4) is 0 Å². The van der Waals surface area contributed by atoms with Crippen LogP contribution in [0, 0.1) is 0 Å². The highest BCUT2D eigenvalue weighted by Crippen LogP contribution is 2.48. The van der Waals surface area contributed by atoms with E-state index in [0.717, 1.165) is 0 Å². The van der Waals surface area contributed by atoms with Crippen molar-refractivity contribution in [2.45, 2.75) is 44.7 Å². The number of hydrogen-bond acceptors (Lipinski definition) is 6. The minimum Gasteiger partial charge on any atom is -0.493 e. The summed E-state index contributed by atoms with van der Waals surface area (Å²) in [6, 6.07) is 13.1. The topological polar surface area (TPSA) is 94.5 Å². The summed E-state index contributed by atoms with van der Waals surface area (Å²) < 4.78 is 22.5. The number of rotatable bonds is 5. The molecule has 8 nitrogen and oxygen atoms in total. The van der Waals surface area contributed by atoms with Gasteiger partial charge in [-0.2, -0.15) is 0 Å². The number of carboxylic acid groups (broad SMARTS) is 1. The maximum Gasteiger partial charge on any atom is 0.413 e. The van der Waals surface area contributed by atoms with Gasteiger partial charge in [-0.1, -0.05) is 42.5 Å². The number of carbonyl (C=O) groups is 2. The zero-order valence-corrected chi connectivity index (χ0v) is 18.2. The van der Waals surface area contributed by atoms with Crippen LogP contribution in [0.1, 0.15) is 44.2 Å². The van der Waals surface area contributed by atoms with Crippen molar-refractivity contribution in [2.24, 2.45) is 0 Å². The molecule has 1 aliphatic heterocycles. The van der Waals surface area contributed by atoms with Gasteiger partial charge < -0.3 is 24.1 Å². The Morgan fingerprint density at radius 3 is 2.23 bits per heavy atom. The van der Waals surface area contributed by atoms with Gasteiger partial charge in [0.15, 0.2) is 23.8 Å². The number of carbonyl (C=O) groups excluding carboxylic acids is 1. The molecule has 2 aromatic carbocycles. The number of carboxylic acids is 1. The zero-order valence-electron chi connectivity index (χ0n) is 18.2. The molecule has 0 spiro atoms. The molecule has 3 rings (SSSR count). The summed E-state index contributed by atoms with van der Waals surface area (Å²) in [6.45, 7) is 5.24. The number of benzene rings is 2. The van der Waals surface area contributed by atoms with E-state index in [9.17, 15) is 14.7 Å². The molecule has 0 bridgehead atoms. The smallest absolute Gasteiger partial charge is 0.413 e. The molecular formula is C23H27NO7. The fourth-order valence-corrected chi connectivity index (χ4v) is 3.60. The predicted molar refractivity (Wildman–Crippen MR) is 112 cm³/mol. The Morgan fingerprint density at radius 2 is 1.68 bits per heavy atom. The monoisotopic (exact) mass is 429 g/mol. The molecule has 3 atom stereocenters. The molecule has 0 radical (unpaired) electrons. The average Bonchev–Trinajstić information content (AvgIpc) is 3.13. The minimum absolute atomic E-state index is 0.349. The lowest BCUT2D eigenvalue weighted by atomic mass is 10.0. The van der Waals surface area contributed by atoms with Gasteiger partial charge in [0.2, 0.25) is 0 Å². The standard InChI is InChI=1S/C23H27NO7/c1-23(2,3)31-22(27)24-17(14-10-7-6-8-11-14)19(21(25)26)30-20(24)15-12-9-13-16(28-4)18(15)29-5/h6-13,17,19-20H,1-5H3,(H,25,26)/t17-,19+,20+/m0/s1. The van der Waals surface area contributed by atoms with Gasteiger partial charge in [-0.15, -0.1) is 0 Å². The summed E-state index contributed by atoms with van der Waals surface area (Å²) >= 11 is 0. The fraction of sp³-hybridized carbons (Fsp3) is 0.391. The maximum atomic E-state index is 13.3. The molecule has 166 valence electrons. The summed E-state index contributed by atoms with van der Waals surface area (Å²) in [4.78, 5) is 26.8. The van der Waals surface area contributed by atoms with Crippen LogP contribution in [0.15, 0.2) is 48.5 Å². The van der Waals surface area contributed by atoms with Gasteiger partial charge in [-0.25, -0.2) is 9.59 Å². The third kappa shape index (κ3) is 4.59. The van der Waals surface area contributed by atoms with E-state index in [1.165, 1.54) is 19.1 Å². The van der Waals surface area contributed by atoms with Gasteiger partial charge in [0.1, 0.15) is 11.6 Å². The summed E-state index contributed by atoms with van der Waals surface area (Å²) in [5, 5.41) is 9.91. The van der Waals surface area contributed by atoms with E-state index >= 15 is 0 Å². The Labute approximate surface area is 181 Å². The third-order valence-electron chi connectivity index (χ3n) is 4.80. The summed E-state index contributed by atoms with van der Waals surface area (Å²) in [6.07, 6.45) is -3.07.